The Morgan fingerprint density at radius 3 is 2.68 bits per heavy atom. The number of benzene rings is 2. The number of nitrogens with zero attached hydrogens (tertiary/aromatic N) is 7. The van der Waals surface area contributed by atoms with Crippen LogP contribution in [-0.2, 0) is 11.8 Å². The largest absolute Gasteiger partial charge is 0.349 e. The highest BCUT2D eigenvalue weighted by Crippen LogP contribution is 2.42. The van der Waals surface area contributed by atoms with Crippen molar-refractivity contribution in [3.05, 3.63) is 59.3 Å². The molecule has 2 aromatic carbocycles. The van der Waals surface area contributed by atoms with Crippen molar-refractivity contribution in [2.75, 3.05) is 38.6 Å². The van der Waals surface area contributed by atoms with E-state index < -0.39 is 5.82 Å². The fourth-order valence-corrected chi connectivity index (χ4v) is 5.78. The Morgan fingerprint density at radius 1 is 1.22 bits per heavy atom. The van der Waals surface area contributed by atoms with Crippen LogP contribution >= 0.6 is 11.6 Å². The van der Waals surface area contributed by atoms with E-state index in [9.17, 15) is 4.79 Å². The van der Waals surface area contributed by atoms with E-state index in [-0.39, 0.29) is 39.9 Å². The number of rotatable bonds is 4. The Hall–Kier alpha value is -4.00. The fraction of sp³-hybridized carbons (Fsp3) is 0.355. The quantitative estimate of drug-likeness (QED) is 0.258. The minimum absolute atomic E-state index is 0.109. The van der Waals surface area contributed by atoms with E-state index in [2.05, 4.69) is 33.4 Å². The minimum atomic E-state index is -0.537. The zero-order valence-corrected chi connectivity index (χ0v) is 24.9. The van der Waals surface area contributed by atoms with Gasteiger partial charge in [0.15, 0.2) is 5.82 Å². The number of hydrogen-bond donors (Lipinski definition) is 0. The van der Waals surface area contributed by atoms with Crippen molar-refractivity contribution in [1.29, 1.82) is 0 Å². The third kappa shape index (κ3) is 5.14. The summed E-state index contributed by atoms with van der Waals surface area (Å²) in [4.78, 5) is 27.7. The van der Waals surface area contributed by atoms with E-state index in [0.717, 1.165) is 16.5 Å². The molecule has 0 saturated carbocycles. The molecule has 0 unspecified atom stereocenters. The second-order valence-electron chi connectivity index (χ2n) is 10.9. The van der Waals surface area contributed by atoms with E-state index in [1.165, 1.54) is 6.08 Å². The van der Waals surface area contributed by atoms with E-state index in [0.29, 0.717) is 36.4 Å². The first-order chi connectivity index (χ1) is 19.5. The van der Waals surface area contributed by atoms with E-state index in [4.69, 9.17) is 16.6 Å². The smallest absolute Gasteiger partial charge is 0.246 e. The summed E-state index contributed by atoms with van der Waals surface area (Å²) >= 11 is 6.91. The molecule has 0 radical (unpaired) electrons. The predicted octanol–water partition coefficient (Wildman–Crippen LogP) is 4.81. The summed E-state index contributed by atoms with van der Waals surface area (Å²) < 4.78 is 18.5. The number of halogens is 2. The fourth-order valence-electron chi connectivity index (χ4n) is 5.49. The van der Waals surface area contributed by atoms with Crippen LogP contribution in [0.1, 0.15) is 25.2 Å². The summed E-state index contributed by atoms with van der Waals surface area (Å²) in [5.41, 5.74) is 2.74. The van der Waals surface area contributed by atoms with Gasteiger partial charge in [0.05, 0.1) is 23.3 Å². The highest BCUT2D eigenvalue weighted by Gasteiger charge is 2.34. The molecule has 212 valence electrons. The normalized spacial score (nSPS) is 17.3. The van der Waals surface area contributed by atoms with Gasteiger partial charge in [0.1, 0.15) is 11.3 Å². The average molecular weight is 574 g/mol. The summed E-state index contributed by atoms with van der Waals surface area (Å²) in [6.45, 7) is 11.0. The Balaban J connectivity index is 1.75. The first kappa shape index (κ1) is 28.5. The van der Waals surface area contributed by atoms with Gasteiger partial charge in [-0.15, -0.1) is 0 Å². The molecule has 0 bridgehead atoms. The predicted molar refractivity (Wildman–Crippen MR) is 163 cm³/mol. The summed E-state index contributed by atoms with van der Waals surface area (Å²) in [5.74, 6) is 6.20. The molecule has 3 heterocycles. The summed E-state index contributed by atoms with van der Waals surface area (Å²) in [5, 5.41) is 6.02. The van der Waals surface area contributed by atoms with Crippen molar-refractivity contribution < 1.29 is 9.18 Å². The molecular formula is C31H33ClFN7O. The van der Waals surface area contributed by atoms with Crippen LogP contribution in [0.2, 0.25) is 5.02 Å². The van der Waals surface area contributed by atoms with Crippen LogP contribution in [0, 0.1) is 24.6 Å². The number of anilines is 1. The van der Waals surface area contributed by atoms with Gasteiger partial charge in [-0.2, -0.15) is 5.10 Å². The van der Waals surface area contributed by atoms with Gasteiger partial charge in [0, 0.05) is 54.1 Å². The summed E-state index contributed by atoms with van der Waals surface area (Å²) in [6, 6.07) is 5.43. The van der Waals surface area contributed by atoms with Crippen molar-refractivity contribution in [1.82, 2.24) is 29.5 Å². The van der Waals surface area contributed by atoms with Crippen molar-refractivity contribution in [2.24, 2.45) is 7.05 Å². The molecule has 0 aliphatic carbocycles. The number of aromatic nitrogens is 4. The molecule has 8 nitrogen and oxygen atoms in total. The molecule has 1 amide bonds. The molecule has 4 aromatic rings. The van der Waals surface area contributed by atoms with Gasteiger partial charge in [0.2, 0.25) is 11.7 Å². The Kier molecular flexibility index (Phi) is 7.73. The first-order valence-electron chi connectivity index (χ1n) is 13.5. The van der Waals surface area contributed by atoms with Crippen LogP contribution in [-0.4, -0.2) is 81.3 Å². The van der Waals surface area contributed by atoms with Gasteiger partial charge in [-0.3, -0.25) is 14.4 Å². The van der Waals surface area contributed by atoms with Crippen LogP contribution in [0.25, 0.3) is 32.9 Å². The third-order valence-corrected chi connectivity index (χ3v) is 7.83. The van der Waals surface area contributed by atoms with E-state index in [1.807, 2.05) is 58.9 Å². The van der Waals surface area contributed by atoms with Crippen molar-refractivity contribution in [3.8, 4) is 23.0 Å². The lowest BCUT2D eigenvalue weighted by Crippen LogP contribution is -2.58. The lowest BCUT2D eigenvalue weighted by atomic mass is 9.95. The van der Waals surface area contributed by atoms with Gasteiger partial charge in [-0.05, 0) is 58.5 Å². The molecule has 5 rings (SSSR count). The van der Waals surface area contributed by atoms with E-state index in [1.54, 1.807) is 21.8 Å². The minimum Gasteiger partial charge on any atom is -0.349 e. The lowest BCUT2D eigenvalue weighted by Gasteiger charge is -2.44. The van der Waals surface area contributed by atoms with Gasteiger partial charge < -0.3 is 9.80 Å². The zero-order chi connectivity index (χ0) is 29.6. The lowest BCUT2D eigenvalue weighted by molar-refractivity contribution is -0.128. The Labute approximate surface area is 244 Å². The topological polar surface area (TPSA) is 70.4 Å². The van der Waals surface area contributed by atoms with Gasteiger partial charge in [-0.1, -0.05) is 36.2 Å². The molecule has 0 spiro atoms. The number of fused-ring (bicyclic) bond motifs is 2. The maximum absolute atomic E-state index is 16.8. The van der Waals surface area contributed by atoms with Crippen LogP contribution in [0.5, 0.6) is 0 Å². The molecule has 1 aliphatic rings. The van der Waals surface area contributed by atoms with Crippen LogP contribution < -0.4 is 4.90 Å². The molecule has 1 fully saturated rings. The first-order valence-corrected chi connectivity index (χ1v) is 13.8. The number of amides is 1. The monoisotopic (exact) mass is 573 g/mol. The van der Waals surface area contributed by atoms with Crippen LogP contribution in [0.4, 0.5) is 10.2 Å². The third-order valence-electron chi connectivity index (χ3n) is 7.54. The average Bonchev–Trinajstić information content (AvgIpc) is 3.30. The Bertz CT molecular complexity index is 1750. The van der Waals surface area contributed by atoms with Crippen LogP contribution in [0.3, 0.4) is 0 Å². The molecule has 1 aliphatic heterocycles. The number of aryl methyl sites for hydroxylation is 2. The highest BCUT2D eigenvalue weighted by molar-refractivity contribution is 6.35. The van der Waals surface area contributed by atoms with Crippen molar-refractivity contribution in [3.63, 3.8) is 0 Å². The van der Waals surface area contributed by atoms with E-state index >= 15 is 4.39 Å². The second kappa shape index (κ2) is 11.1. The standard InChI is InChI=1S/C31H33ClFN7O/c1-8-25(41)39-16-20(4)40(17-19(39)3)31-22-14-23(32)27(26-18(2)11-12-21-15-34-38(7)30(21)26)28(33)29(22)35-24(36-31)10-9-13-37(5)6/h8,11-12,14-15,19-20H,1,13,16-17H2,2-7H3/t19-,20+/m1/s1. The van der Waals surface area contributed by atoms with Crippen LogP contribution in [0.15, 0.2) is 37.1 Å². The second-order valence-corrected chi connectivity index (χ2v) is 11.3. The zero-order valence-electron chi connectivity index (χ0n) is 24.2. The number of piperazine rings is 1. The number of carbonyl (C=O) groups excluding carboxylic acids is 1. The Morgan fingerprint density at radius 2 is 1.98 bits per heavy atom. The van der Waals surface area contributed by atoms with Crippen molar-refractivity contribution in [2.45, 2.75) is 32.9 Å². The summed E-state index contributed by atoms with van der Waals surface area (Å²) in [6.07, 6.45) is 3.09. The van der Waals surface area contributed by atoms with Gasteiger partial charge in [-0.25, -0.2) is 14.4 Å². The maximum atomic E-state index is 16.8. The SMILES string of the molecule is C=CC(=O)N1C[C@H](C)N(c2nc(C#CCN(C)C)nc3c(F)c(-c4c(C)ccc5cnn(C)c45)c(Cl)cc23)C[C@H]1C. The summed E-state index contributed by atoms with van der Waals surface area (Å²) in [7, 11) is 5.67. The molecule has 1 saturated heterocycles. The molecule has 41 heavy (non-hydrogen) atoms. The van der Waals surface area contributed by atoms with Gasteiger partial charge >= 0.3 is 0 Å². The molecule has 2 aromatic heterocycles. The maximum Gasteiger partial charge on any atom is 0.246 e. The van der Waals surface area contributed by atoms with Crippen molar-refractivity contribution >= 4 is 45.1 Å². The number of carbonyl (C=O) groups is 1. The number of hydrogen-bond acceptors (Lipinski definition) is 6. The molecule has 2 atom stereocenters. The molecule has 0 N–H and O–H groups in total. The molecular weight excluding hydrogens is 541 g/mol. The molecule has 10 heteroatoms. The highest BCUT2D eigenvalue weighted by atomic mass is 35.5. The van der Waals surface area contributed by atoms with Gasteiger partial charge in [0.25, 0.3) is 0 Å².